The fraction of sp³-hybridized carbons (Fsp3) is 0.600. The molecule has 0 saturated heterocycles. The van der Waals surface area contributed by atoms with Crippen LogP contribution in [0.3, 0.4) is 0 Å². The molecule has 0 aliphatic carbocycles. The number of ether oxygens (including phenoxy) is 1. The Bertz CT molecular complexity index is 408. The molecular weight excluding hydrogens is 254 g/mol. The van der Waals surface area contributed by atoms with E-state index in [0.29, 0.717) is 24.6 Å². The van der Waals surface area contributed by atoms with Gasteiger partial charge < -0.3 is 15.4 Å². The smallest absolute Gasteiger partial charge is 0.254 e. The van der Waals surface area contributed by atoms with Gasteiger partial charge in [0.15, 0.2) is 0 Å². The lowest BCUT2D eigenvalue weighted by molar-refractivity contribution is 0.0925. The van der Waals surface area contributed by atoms with Gasteiger partial charge in [-0.2, -0.15) is 0 Å². The average Bonchev–Trinajstić information content (AvgIpc) is 2.43. The molecule has 112 valence electrons. The number of nitrogens with one attached hydrogen (secondary N) is 2. The number of nitrogens with zero attached hydrogens (tertiary/aromatic N) is 1. The molecule has 1 aromatic rings. The molecule has 0 spiro atoms. The number of anilines is 1. The van der Waals surface area contributed by atoms with Crippen molar-refractivity contribution in [1.29, 1.82) is 0 Å². The number of rotatable bonds is 9. The van der Waals surface area contributed by atoms with E-state index in [1.54, 1.807) is 12.4 Å². The SMILES string of the molecule is CCNc1ccncc1C(=O)NCCCOCC(C)C. The lowest BCUT2D eigenvalue weighted by Crippen LogP contribution is -2.26. The fourth-order valence-corrected chi connectivity index (χ4v) is 1.71. The molecule has 0 fully saturated rings. The second-order valence-electron chi connectivity index (χ2n) is 5.03. The molecule has 0 aliphatic heterocycles. The summed E-state index contributed by atoms with van der Waals surface area (Å²) in [6, 6.07) is 1.81. The second kappa shape index (κ2) is 9.31. The van der Waals surface area contributed by atoms with Gasteiger partial charge in [0.2, 0.25) is 0 Å². The maximum atomic E-state index is 12.0. The summed E-state index contributed by atoms with van der Waals surface area (Å²) in [6.07, 6.45) is 4.08. The lowest BCUT2D eigenvalue weighted by atomic mass is 10.2. The summed E-state index contributed by atoms with van der Waals surface area (Å²) in [4.78, 5) is 16.0. The third-order valence-corrected chi connectivity index (χ3v) is 2.64. The van der Waals surface area contributed by atoms with Crippen molar-refractivity contribution in [3.05, 3.63) is 24.0 Å². The minimum atomic E-state index is -0.0992. The van der Waals surface area contributed by atoms with Gasteiger partial charge in [0.05, 0.1) is 11.3 Å². The highest BCUT2D eigenvalue weighted by molar-refractivity contribution is 5.99. The zero-order valence-electron chi connectivity index (χ0n) is 12.6. The lowest BCUT2D eigenvalue weighted by Gasteiger charge is -2.11. The fourth-order valence-electron chi connectivity index (χ4n) is 1.71. The first-order chi connectivity index (χ1) is 9.65. The van der Waals surface area contributed by atoms with Crippen molar-refractivity contribution >= 4 is 11.6 Å². The molecule has 0 bridgehead atoms. The van der Waals surface area contributed by atoms with Gasteiger partial charge in [-0.3, -0.25) is 9.78 Å². The number of amides is 1. The predicted octanol–water partition coefficient (Wildman–Crippen LogP) is 2.31. The molecule has 1 heterocycles. The molecular formula is C15H25N3O2. The zero-order chi connectivity index (χ0) is 14.8. The topological polar surface area (TPSA) is 63.2 Å². The minimum Gasteiger partial charge on any atom is -0.385 e. The monoisotopic (exact) mass is 279 g/mol. The molecule has 5 heteroatoms. The van der Waals surface area contributed by atoms with E-state index >= 15 is 0 Å². The number of aromatic nitrogens is 1. The van der Waals surface area contributed by atoms with Crippen LogP contribution in [0.4, 0.5) is 5.69 Å². The van der Waals surface area contributed by atoms with Gasteiger partial charge in [-0.1, -0.05) is 13.8 Å². The highest BCUT2D eigenvalue weighted by atomic mass is 16.5. The number of carbonyl (C=O) groups excluding carboxylic acids is 1. The van der Waals surface area contributed by atoms with Crippen LogP contribution in [-0.2, 0) is 4.74 Å². The van der Waals surface area contributed by atoms with Gasteiger partial charge in [-0.05, 0) is 25.3 Å². The van der Waals surface area contributed by atoms with Crippen molar-refractivity contribution in [2.75, 3.05) is 31.6 Å². The van der Waals surface area contributed by atoms with E-state index in [1.165, 1.54) is 0 Å². The molecule has 0 aliphatic rings. The first kappa shape index (κ1) is 16.4. The Balaban J connectivity index is 2.32. The third kappa shape index (κ3) is 6.02. The Hall–Kier alpha value is -1.62. The summed E-state index contributed by atoms with van der Waals surface area (Å²) in [5, 5.41) is 6.04. The van der Waals surface area contributed by atoms with Crippen LogP contribution in [0.1, 0.15) is 37.6 Å². The summed E-state index contributed by atoms with van der Waals surface area (Å²) >= 11 is 0. The van der Waals surface area contributed by atoms with Crippen LogP contribution < -0.4 is 10.6 Å². The van der Waals surface area contributed by atoms with E-state index < -0.39 is 0 Å². The average molecular weight is 279 g/mol. The van der Waals surface area contributed by atoms with Gasteiger partial charge >= 0.3 is 0 Å². The van der Waals surface area contributed by atoms with Gasteiger partial charge in [0.25, 0.3) is 5.91 Å². The number of hydrogen-bond donors (Lipinski definition) is 2. The predicted molar refractivity (Wildman–Crippen MR) is 81.0 cm³/mol. The molecule has 1 amide bonds. The quantitative estimate of drug-likeness (QED) is 0.681. The largest absolute Gasteiger partial charge is 0.385 e. The zero-order valence-corrected chi connectivity index (χ0v) is 12.6. The Kier molecular flexibility index (Phi) is 7.65. The van der Waals surface area contributed by atoms with E-state index in [0.717, 1.165) is 25.3 Å². The summed E-state index contributed by atoms with van der Waals surface area (Å²) in [6.45, 7) is 9.05. The molecule has 5 nitrogen and oxygen atoms in total. The molecule has 1 aromatic heterocycles. The molecule has 0 radical (unpaired) electrons. The number of pyridine rings is 1. The van der Waals surface area contributed by atoms with E-state index in [2.05, 4.69) is 29.5 Å². The van der Waals surface area contributed by atoms with E-state index in [1.807, 2.05) is 13.0 Å². The molecule has 20 heavy (non-hydrogen) atoms. The summed E-state index contributed by atoms with van der Waals surface area (Å²) in [5.41, 5.74) is 1.40. The standard InChI is InChI=1S/C15H25N3O2/c1-4-17-14-6-8-16-10-13(14)15(19)18-7-5-9-20-11-12(2)3/h6,8,10,12H,4-5,7,9,11H2,1-3H3,(H,16,17)(H,18,19). The van der Waals surface area contributed by atoms with Crippen LogP contribution in [0.5, 0.6) is 0 Å². The van der Waals surface area contributed by atoms with Crippen molar-refractivity contribution in [2.24, 2.45) is 5.92 Å². The summed E-state index contributed by atoms with van der Waals surface area (Å²) in [5.74, 6) is 0.445. The molecule has 0 unspecified atom stereocenters. The van der Waals surface area contributed by atoms with Crippen LogP contribution in [0, 0.1) is 5.92 Å². The van der Waals surface area contributed by atoms with E-state index in [-0.39, 0.29) is 5.91 Å². The normalized spacial score (nSPS) is 10.6. The van der Waals surface area contributed by atoms with E-state index in [4.69, 9.17) is 4.74 Å². The maximum Gasteiger partial charge on any atom is 0.254 e. The van der Waals surface area contributed by atoms with Crippen molar-refractivity contribution in [3.63, 3.8) is 0 Å². The minimum absolute atomic E-state index is 0.0992. The van der Waals surface area contributed by atoms with Gasteiger partial charge in [-0.25, -0.2) is 0 Å². The Labute approximate surface area is 121 Å². The Morgan fingerprint density at radius 3 is 2.95 bits per heavy atom. The Morgan fingerprint density at radius 2 is 2.25 bits per heavy atom. The molecule has 0 atom stereocenters. The molecule has 2 N–H and O–H groups in total. The number of carbonyl (C=O) groups is 1. The van der Waals surface area contributed by atoms with Crippen LogP contribution >= 0.6 is 0 Å². The van der Waals surface area contributed by atoms with Crippen LogP contribution in [-0.4, -0.2) is 37.2 Å². The highest BCUT2D eigenvalue weighted by Gasteiger charge is 2.10. The summed E-state index contributed by atoms with van der Waals surface area (Å²) < 4.78 is 5.47. The molecule has 0 aromatic carbocycles. The van der Waals surface area contributed by atoms with Gasteiger partial charge in [-0.15, -0.1) is 0 Å². The van der Waals surface area contributed by atoms with Crippen molar-refractivity contribution < 1.29 is 9.53 Å². The van der Waals surface area contributed by atoms with Crippen LogP contribution in [0.15, 0.2) is 18.5 Å². The maximum absolute atomic E-state index is 12.0. The van der Waals surface area contributed by atoms with Gasteiger partial charge in [0, 0.05) is 38.7 Å². The highest BCUT2D eigenvalue weighted by Crippen LogP contribution is 2.12. The first-order valence-electron chi connectivity index (χ1n) is 7.19. The second-order valence-corrected chi connectivity index (χ2v) is 5.03. The summed E-state index contributed by atoms with van der Waals surface area (Å²) in [7, 11) is 0. The van der Waals surface area contributed by atoms with Crippen molar-refractivity contribution in [3.8, 4) is 0 Å². The first-order valence-corrected chi connectivity index (χ1v) is 7.19. The third-order valence-electron chi connectivity index (χ3n) is 2.64. The van der Waals surface area contributed by atoms with E-state index in [9.17, 15) is 4.79 Å². The van der Waals surface area contributed by atoms with Crippen molar-refractivity contribution in [2.45, 2.75) is 27.2 Å². The van der Waals surface area contributed by atoms with Crippen molar-refractivity contribution in [1.82, 2.24) is 10.3 Å². The molecule has 0 saturated carbocycles. The Morgan fingerprint density at radius 1 is 1.45 bits per heavy atom. The van der Waals surface area contributed by atoms with Crippen LogP contribution in [0.25, 0.3) is 0 Å². The molecule has 1 rings (SSSR count). The number of hydrogen-bond acceptors (Lipinski definition) is 4. The van der Waals surface area contributed by atoms with Gasteiger partial charge in [0.1, 0.15) is 0 Å². The van der Waals surface area contributed by atoms with Crippen LogP contribution in [0.2, 0.25) is 0 Å².